The van der Waals surface area contributed by atoms with Crippen LogP contribution in [0.15, 0.2) is 36.5 Å². The molecule has 0 rings (SSSR count). The van der Waals surface area contributed by atoms with Crippen LogP contribution in [-0.4, -0.2) is 52.3 Å². The lowest BCUT2D eigenvalue weighted by Gasteiger charge is -2.18. The average Bonchev–Trinajstić information content (AvgIpc) is 3.10. The molecule has 0 fully saturated rings. The monoisotopic (exact) mass is 771 g/mol. The first-order chi connectivity index (χ1) is 25.5. The number of allylic oxidation sites excluding steroid dienone is 5. The molecule has 2 atom stereocenters. The third-order valence-electron chi connectivity index (χ3n) is 9.21. The maximum atomic E-state index is 12.4. The lowest BCUT2D eigenvalue weighted by molar-refractivity contribution is -0.161. The maximum absolute atomic E-state index is 12.4. The number of ether oxygens (including phenoxy) is 2. The Morgan fingerprint density at radius 3 is 1.57 bits per heavy atom. The quantitative estimate of drug-likeness (QED) is 0.0184. The van der Waals surface area contributed by atoms with Crippen LogP contribution >= 0.6 is 7.82 Å². The molecule has 0 saturated carbocycles. The van der Waals surface area contributed by atoms with Crippen LogP contribution in [0.25, 0.3) is 0 Å². The SMILES string of the molecule is CC/C=C/C/C=C/C=C/C(O)CCCCCCCC(=O)O[C@H](COC(=O)CCCCCCCCCCCCCCCCCCC(C)C)COP(=O)(O)O. The van der Waals surface area contributed by atoms with Gasteiger partial charge in [-0.25, -0.2) is 4.57 Å². The Morgan fingerprint density at radius 1 is 0.604 bits per heavy atom. The van der Waals surface area contributed by atoms with Crippen LogP contribution in [0.3, 0.4) is 0 Å². The molecular formula is C43H79O9P. The van der Waals surface area contributed by atoms with E-state index in [0.29, 0.717) is 19.3 Å². The average molecular weight is 771 g/mol. The van der Waals surface area contributed by atoms with Crippen molar-refractivity contribution >= 4 is 19.8 Å². The zero-order valence-corrected chi connectivity index (χ0v) is 34.8. The highest BCUT2D eigenvalue weighted by Gasteiger charge is 2.23. The van der Waals surface area contributed by atoms with Crippen molar-refractivity contribution in [2.24, 2.45) is 5.92 Å². The maximum Gasteiger partial charge on any atom is 0.469 e. The van der Waals surface area contributed by atoms with Gasteiger partial charge in [-0.05, 0) is 38.0 Å². The molecule has 9 nitrogen and oxygen atoms in total. The van der Waals surface area contributed by atoms with Crippen LogP contribution in [0.1, 0.15) is 194 Å². The van der Waals surface area contributed by atoms with Gasteiger partial charge in [0.2, 0.25) is 0 Å². The van der Waals surface area contributed by atoms with Crippen molar-refractivity contribution in [1.82, 2.24) is 0 Å². The summed E-state index contributed by atoms with van der Waals surface area (Å²) < 4.78 is 26.3. The second-order valence-electron chi connectivity index (χ2n) is 15.0. The van der Waals surface area contributed by atoms with Crippen molar-refractivity contribution in [1.29, 1.82) is 0 Å². The van der Waals surface area contributed by atoms with E-state index in [1.54, 1.807) is 6.08 Å². The largest absolute Gasteiger partial charge is 0.469 e. The van der Waals surface area contributed by atoms with Gasteiger partial charge in [0.15, 0.2) is 6.10 Å². The molecule has 10 heteroatoms. The van der Waals surface area contributed by atoms with Crippen molar-refractivity contribution in [3.05, 3.63) is 36.5 Å². The van der Waals surface area contributed by atoms with E-state index in [2.05, 4.69) is 37.4 Å². The van der Waals surface area contributed by atoms with E-state index in [4.69, 9.17) is 19.3 Å². The van der Waals surface area contributed by atoms with Crippen molar-refractivity contribution in [2.75, 3.05) is 13.2 Å². The van der Waals surface area contributed by atoms with Crippen LogP contribution in [0.2, 0.25) is 0 Å². The van der Waals surface area contributed by atoms with Crippen LogP contribution in [0, 0.1) is 5.92 Å². The third-order valence-corrected chi connectivity index (χ3v) is 9.69. The summed E-state index contributed by atoms with van der Waals surface area (Å²) in [4.78, 5) is 42.9. The first-order valence-electron chi connectivity index (χ1n) is 21.2. The molecule has 0 aromatic rings. The molecule has 0 heterocycles. The molecule has 3 N–H and O–H groups in total. The van der Waals surface area contributed by atoms with Gasteiger partial charge in [0.05, 0.1) is 12.7 Å². The van der Waals surface area contributed by atoms with Crippen LogP contribution in [0.5, 0.6) is 0 Å². The van der Waals surface area contributed by atoms with Gasteiger partial charge >= 0.3 is 19.8 Å². The molecule has 0 amide bonds. The summed E-state index contributed by atoms with van der Waals surface area (Å²) in [5.74, 6) is -0.119. The Kier molecular flexibility index (Phi) is 35.9. The van der Waals surface area contributed by atoms with E-state index < -0.39 is 38.6 Å². The molecule has 310 valence electrons. The number of unbranched alkanes of at least 4 members (excludes halogenated alkanes) is 19. The van der Waals surface area contributed by atoms with Gasteiger partial charge in [-0.1, -0.05) is 186 Å². The Balaban J connectivity index is 3.95. The Bertz CT molecular complexity index is 988. The summed E-state index contributed by atoms with van der Waals surface area (Å²) in [5, 5.41) is 10.1. The highest BCUT2D eigenvalue weighted by Crippen LogP contribution is 2.36. The van der Waals surface area contributed by atoms with Crippen LogP contribution < -0.4 is 0 Å². The molecule has 0 aliphatic rings. The number of rotatable bonds is 38. The number of hydrogen-bond acceptors (Lipinski definition) is 7. The van der Waals surface area contributed by atoms with E-state index in [9.17, 15) is 19.3 Å². The third kappa shape index (κ3) is 41.2. The fraction of sp³-hybridized carbons (Fsp3) is 0.814. The summed E-state index contributed by atoms with van der Waals surface area (Å²) >= 11 is 0. The first-order valence-corrected chi connectivity index (χ1v) is 22.8. The number of carbonyl (C=O) groups excluding carboxylic acids is 2. The predicted molar refractivity (Wildman–Crippen MR) is 217 cm³/mol. The van der Waals surface area contributed by atoms with E-state index in [0.717, 1.165) is 57.3 Å². The second-order valence-corrected chi connectivity index (χ2v) is 16.2. The van der Waals surface area contributed by atoms with Gasteiger partial charge in [-0.15, -0.1) is 0 Å². The van der Waals surface area contributed by atoms with Crippen molar-refractivity contribution in [3.8, 4) is 0 Å². The summed E-state index contributed by atoms with van der Waals surface area (Å²) in [6, 6.07) is 0. The number of carbonyl (C=O) groups is 2. The molecule has 0 aliphatic heterocycles. The van der Waals surface area contributed by atoms with Crippen molar-refractivity contribution in [3.63, 3.8) is 0 Å². The Hall–Kier alpha value is -1.77. The van der Waals surface area contributed by atoms with E-state index in [-0.39, 0.29) is 19.4 Å². The topological polar surface area (TPSA) is 140 Å². The predicted octanol–water partition coefficient (Wildman–Crippen LogP) is 11.8. The normalized spacial score (nSPS) is 13.5. The van der Waals surface area contributed by atoms with Gasteiger partial charge in [-0.2, -0.15) is 0 Å². The van der Waals surface area contributed by atoms with Crippen LogP contribution in [-0.2, 0) is 28.2 Å². The van der Waals surface area contributed by atoms with E-state index in [1.807, 2.05) is 18.2 Å². The fourth-order valence-corrected chi connectivity index (χ4v) is 6.40. The number of esters is 2. The van der Waals surface area contributed by atoms with Crippen molar-refractivity contribution in [2.45, 2.75) is 206 Å². The molecule has 0 aromatic carbocycles. The zero-order valence-electron chi connectivity index (χ0n) is 33.9. The molecule has 1 unspecified atom stereocenters. The number of aliphatic hydroxyl groups is 1. The lowest BCUT2D eigenvalue weighted by Crippen LogP contribution is -2.29. The fourth-order valence-electron chi connectivity index (χ4n) is 6.04. The van der Waals surface area contributed by atoms with Gasteiger partial charge in [0, 0.05) is 12.8 Å². The molecule has 0 aromatic heterocycles. The highest BCUT2D eigenvalue weighted by molar-refractivity contribution is 7.46. The highest BCUT2D eigenvalue weighted by atomic mass is 31.2. The summed E-state index contributed by atoms with van der Waals surface area (Å²) in [6.45, 7) is 5.83. The number of aliphatic hydroxyl groups excluding tert-OH is 1. The summed E-state index contributed by atoms with van der Waals surface area (Å²) in [6.07, 6.45) is 38.9. The minimum Gasteiger partial charge on any atom is -0.462 e. The number of hydrogen-bond donors (Lipinski definition) is 3. The summed E-state index contributed by atoms with van der Waals surface area (Å²) in [5.41, 5.74) is 0. The Labute approximate surface area is 324 Å². The smallest absolute Gasteiger partial charge is 0.462 e. The molecule has 0 radical (unpaired) electrons. The molecule has 0 bridgehead atoms. The molecule has 53 heavy (non-hydrogen) atoms. The molecule has 0 saturated heterocycles. The standard InChI is InChI=1S/C43H79O9P/c1-4-5-6-7-18-23-28-33-40(44)34-29-24-21-26-31-36-43(46)52-41(38-51-53(47,48)49)37-50-42(45)35-30-25-20-17-15-13-11-9-8-10-12-14-16-19-22-27-32-39(2)3/h5-6,18,23,28,33,39-41,44H,4,7-17,19-22,24-27,29-32,34-38H2,1-3H3,(H2,47,48,49)/b6-5+,23-18+,33-28+/t40?,41-/m1/s1. The summed E-state index contributed by atoms with van der Waals surface area (Å²) in [7, 11) is -4.78. The van der Waals surface area contributed by atoms with Gasteiger partial charge in [0.25, 0.3) is 0 Å². The van der Waals surface area contributed by atoms with Gasteiger partial charge < -0.3 is 24.4 Å². The van der Waals surface area contributed by atoms with E-state index >= 15 is 0 Å². The zero-order chi connectivity index (χ0) is 39.3. The van der Waals surface area contributed by atoms with Crippen molar-refractivity contribution < 1.29 is 43.0 Å². The molecule has 0 aliphatic carbocycles. The van der Waals surface area contributed by atoms with E-state index in [1.165, 1.54) is 89.9 Å². The Morgan fingerprint density at radius 2 is 1.08 bits per heavy atom. The van der Waals surface area contributed by atoms with Gasteiger partial charge in [-0.3, -0.25) is 14.1 Å². The number of phosphoric acid groups is 1. The second kappa shape index (κ2) is 37.2. The van der Waals surface area contributed by atoms with Crippen LogP contribution in [0.4, 0.5) is 0 Å². The molecular weight excluding hydrogens is 691 g/mol. The molecule has 0 spiro atoms. The van der Waals surface area contributed by atoms with Gasteiger partial charge in [0.1, 0.15) is 6.61 Å². The number of phosphoric ester groups is 1. The minimum absolute atomic E-state index is 0.143. The lowest BCUT2D eigenvalue weighted by atomic mass is 10.0. The first kappa shape index (κ1) is 51.2. The minimum atomic E-state index is -4.78.